The Morgan fingerprint density at radius 2 is 2.06 bits per heavy atom. The third-order valence-electron chi connectivity index (χ3n) is 2.68. The molecule has 1 unspecified atom stereocenters. The van der Waals surface area contributed by atoms with Crippen molar-refractivity contribution in [2.45, 2.75) is 39.7 Å². The van der Waals surface area contributed by atoms with Gasteiger partial charge in [-0.1, -0.05) is 6.92 Å². The first-order valence-electron chi connectivity index (χ1n) is 6.16. The zero-order chi connectivity index (χ0) is 13.8. The van der Waals surface area contributed by atoms with Crippen molar-refractivity contribution in [2.75, 3.05) is 18.6 Å². The van der Waals surface area contributed by atoms with Crippen molar-refractivity contribution in [2.24, 2.45) is 0 Å². The van der Waals surface area contributed by atoms with E-state index >= 15 is 0 Å². The maximum absolute atomic E-state index is 11.4. The largest absolute Gasteiger partial charge is 0.313 e. The molecule has 0 saturated carbocycles. The minimum absolute atomic E-state index is 0.0371. The van der Waals surface area contributed by atoms with Gasteiger partial charge in [0.2, 0.25) is 0 Å². The summed E-state index contributed by atoms with van der Waals surface area (Å²) in [5.41, 5.74) is 1.04. The molecule has 0 fully saturated rings. The van der Waals surface area contributed by atoms with Crippen molar-refractivity contribution in [3.8, 4) is 0 Å². The summed E-state index contributed by atoms with van der Waals surface area (Å²) >= 11 is 1.66. The van der Waals surface area contributed by atoms with E-state index in [4.69, 9.17) is 0 Å². The predicted octanol–water partition coefficient (Wildman–Crippen LogP) is 1.72. The Kier molecular flexibility index (Phi) is 5.75. The lowest BCUT2D eigenvalue weighted by Crippen LogP contribution is -2.37. The fraction of sp³-hybridized carbons (Fsp3) is 0.750. The van der Waals surface area contributed by atoms with Gasteiger partial charge in [-0.3, -0.25) is 0 Å². The first-order chi connectivity index (χ1) is 8.31. The van der Waals surface area contributed by atoms with E-state index in [0.717, 1.165) is 23.7 Å². The Morgan fingerprint density at radius 1 is 1.39 bits per heavy atom. The van der Waals surface area contributed by atoms with E-state index in [-0.39, 0.29) is 11.8 Å². The second-order valence-electron chi connectivity index (χ2n) is 4.70. The summed E-state index contributed by atoms with van der Waals surface area (Å²) in [5.74, 6) is 0.171. The van der Waals surface area contributed by atoms with Gasteiger partial charge in [-0.05, 0) is 26.8 Å². The zero-order valence-electron chi connectivity index (χ0n) is 11.5. The number of hydrogen-bond acceptors (Lipinski definition) is 5. The summed E-state index contributed by atoms with van der Waals surface area (Å²) < 4.78 is 22.8. The molecule has 0 aromatic carbocycles. The van der Waals surface area contributed by atoms with Crippen LogP contribution in [0.3, 0.4) is 0 Å². The number of rotatable bonds is 7. The van der Waals surface area contributed by atoms with Crippen LogP contribution in [0.2, 0.25) is 0 Å². The molecule has 0 radical (unpaired) electrons. The second-order valence-corrected chi connectivity index (χ2v) is 8.17. The van der Waals surface area contributed by atoms with Crippen LogP contribution in [0.25, 0.3) is 0 Å². The summed E-state index contributed by atoms with van der Waals surface area (Å²) in [6.45, 7) is 6.94. The van der Waals surface area contributed by atoms with E-state index in [1.807, 2.05) is 13.8 Å². The first-order valence-corrected chi connectivity index (χ1v) is 9.03. The normalized spacial score (nSPS) is 13.8. The van der Waals surface area contributed by atoms with Crippen LogP contribution in [-0.4, -0.2) is 38.0 Å². The molecule has 18 heavy (non-hydrogen) atoms. The maximum Gasteiger partial charge on any atom is 0.148 e. The number of nitrogens with one attached hydrogen (secondary N) is 1. The Balaban J connectivity index is 2.71. The quantitative estimate of drug-likeness (QED) is 0.830. The average molecular weight is 290 g/mol. The van der Waals surface area contributed by atoms with Crippen molar-refractivity contribution >= 4 is 21.2 Å². The van der Waals surface area contributed by atoms with E-state index in [2.05, 4.69) is 17.2 Å². The molecule has 0 bridgehead atoms. The van der Waals surface area contributed by atoms with Crippen LogP contribution in [-0.2, 0) is 16.3 Å². The maximum atomic E-state index is 11.4. The van der Waals surface area contributed by atoms with Gasteiger partial charge in [0.1, 0.15) is 9.84 Å². The highest BCUT2D eigenvalue weighted by atomic mass is 32.2. The highest BCUT2D eigenvalue weighted by molar-refractivity contribution is 7.90. The number of hydrogen-bond donors (Lipinski definition) is 1. The van der Waals surface area contributed by atoms with E-state index in [1.54, 1.807) is 11.3 Å². The molecule has 1 aromatic heterocycles. The van der Waals surface area contributed by atoms with Crippen LogP contribution < -0.4 is 5.32 Å². The molecule has 6 heteroatoms. The molecule has 0 spiro atoms. The summed E-state index contributed by atoms with van der Waals surface area (Å²) in [4.78, 5) is 5.68. The number of aromatic nitrogens is 1. The molecule has 0 aliphatic rings. The zero-order valence-corrected chi connectivity index (χ0v) is 13.1. The third-order valence-corrected chi connectivity index (χ3v) is 4.78. The van der Waals surface area contributed by atoms with E-state index in [0.29, 0.717) is 6.42 Å². The summed E-state index contributed by atoms with van der Waals surface area (Å²) in [6, 6.07) is -0.0371. The van der Waals surface area contributed by atoms with Crippen LogP contribution in [0.15, 0.2) is 0 Å². The molecule has 0 amide bonds. The molecule has 1 atom stereocenters. The topological polar surface area (TPSA) is 59.1 Å². The van der Waals surface area contributed by atoms with Gasteiger partial charge in [0.25, 0.3) is 0 Å². The van der Waals surface area contributed by atoms with Crippen molar-refractivity contribution < 1.29 is 8.42 Å². The van der Waals surface area contributed by atoms with E-state index in [9.17, 15) is 8.42 Å². The van der Waals surface area contributed by atoms with Gasteiger partial charge < -0.3 is 5.32 Å². The lowest BCUT2D eigenvalue weighted by atomic mass is 10.2. The van der Waals surface area contributed by atoms with Crippen LogP contribution in [0.4, 0.5) is 0 Å². The fourth-order valence-corrected chi connectivity index (χ4v) is 3.72. The Morgan fingerprint density at radius 3 is 2.50 bits per heavy atom. The van der Waals surface area contributed by atoms with Gasteiger partial charge >= 0.3 is 0 Å². The van der Waals surface area contributed by atoms with Gasteiger partial charge in [0.15, 0.2) is 0 Å². The predicted molar refractivity (Wildman–Crippen MR) is 77.1 cm³/mol. The highest BCUT2D eigenvalue weighted by Gasteiger charge is 2.17. The van der Waals surface area contributed by atoms with Gasteiger partial charge in [-0.15, -0.1) is 11.3 Å². The SMILES string of the molecule is CCCNC(Cc1nc(C)c(C)s1)CS(C)(=O)=O. The number of sulfone groups is 1. The van der Waals surface area contributed by atoms with Crippen LogP contribution in [0.5, 0.6) is 0 Å². The van der Waals surface area contributed by atoms with E-state index < -0.39 is 9.84 Å². The standard InChI is InChI=1S/C12H22N2O2S2/c1-5-6-13-11(8-18(4,15)16)7-12-14-9(2)10(3)17-12/h11,13H,5-8H2,1-4H3. The number of aryl methyl sites for hydroxylation is 2. The first kappa shape index (κ1) is 15.6. The molecule has 104 valence electrons. The van der Waals surface area contributed by atoms with Crippen LogP contribution in [0, 0.1) is 13.8 Å². The monoisotopic (exact) mass is 290 g/mol. The smallest absolute Gasteiger partial charge is 0.148 e. The lowest BCUT2D eigenvalue weighted by Gasteiger charge is -2.16. The van der Waals surface area contributed by atoms with Crippen molar-refractivity contribution in [3.05, 3.63) is 15.6 Å². The van der Waals surface area contributed by atoms with E-state index in [1.165, 1.54) is 11.1 Å². The molecule has 0 aliphatic carbocycles. The minimum Gasteiger partial charge on any atom is -0.313 e. The van der Waals surface area contributed by atoms with Crippen molar-refractivity contribution in [1.29, 1.82) is 0 Å². The average Bonchev–Trinajstić information content (AvgIpc) is 2.52. The lowest BCUT2D eigenvalue weighted by molar-refractivity contribution is 0.529. The molecular weight excluding hydrogens is 268 g/mol. The summed E-state index contributed by atoms with van der Waals surface area (Å²) in [7, 11) is -2.96. The summed E-state index contributed by atoms with van der Waals surface area (Å²) in [5, 5.41) is 4.31. The van der Waals surface area contributed by atoms with Gasteiger partial charge in [0, 0.05) is 23.6 Å². The Bertz CT molecular complexity index is 461. The van der Waals surface area contributed by atoms with Gasteiger partial charge in [-0.25, -0.2) is 13.4 Å². The molecule has 1 heterocycles. The van der Waals surface area contributed by atoms with Crippen molar-refractivity contribution in [1.82, 2.24) is 10.3 Å². The Labute approximate surface area is 114 Å². The van der Waals surface area contributed by atoms with Crippen LogP contribution >= 0.6 is 11.3 Å². The number of thiazole rings is 1. The highest BCUT2D eigenvalue weighted by Crippen LogP contribution is 2.18. The molecule has 1 N–H and O–H groups in total. The minimum atomic E-state index is -2.96. The molecule has 1 aromatic rings. The summed E-state index contributed by atoms with van der Waals surface area (Å²) in [6.07, 6.45) is 2.97. The molecular formula is C12H22N2O2S2. The van der Waals surface area contributed by atoms with Crippen molar-refractivity contribution in [3.63, 3.8) is 0 Å². The second kappa shape index (κ2) is 6.63. The molecule has 4 nitrogen and oxygen atoms in total. The Hall–Kier alpha value is -0.460. The molecule has 0 saturated heterocycles. The van der Waals surface area contributed by atoms with Crippen LogP contribution in [0.1, 0.15) is 28.9 Å². The van der Waals surface area contributed by atoms with Gasteiger partial charge in [-0.2, -0.15) is 0 Å². The third kappa shape index (κ3) is 5.46. The molecule has 0 aliphatic heterocycles. The number of nitrogens with zero attached hydrogens (tertiary/aromatic N) is 1. The molecule has 1 rings (SSSR count). The van der Waals surface area contributed by atoms with Gasteiger partial charge in [0.05, 0.1) is 16.5 Å². The fourth-order valence-electron chi connectivity index (χ4n) is 1.74.